The quantitative estimate of drug-likeness (QED) is 0.489. The second kappa shape index (κ2) is 8.43. The highest BCUT2D eigenvalue weighted by Gasteiger charge is 2.14. The van der Waals surface area contributed by atoms with Gasteiger partial charge in [0.25, 0.3) is 0 Å². The Balaban J connectivity index is 2.04. The van der Waals surface area contributed by atoms with Crippen molar-refractivity contribution in [1.82, 2.24) is 0 Å². The molecule has 3 rings (SSSR count). The average molecular weight is 336 g/mol. The van der Waals surface area contributed by atoms with Crippen LogP contribution < -0.4 is 14.2 Å². The van der Waals surface area contributed by atoms with Crippen molar-refractivity contribution in [3.05, 3.63) is 60.7 Å². The molecule has 0 saturated heterocycles. The molecule has 0 aliphatic heterocycles. The number of benzene rings is 3. The van der Waals surface area contributed by atoms with Crippen LogP contribution in [0.15, 0.2) is 60.7 Å². The van der Waals surface area contributed by atoms with E-state index < -0.39 is 0 Å². The molecule has 130 valence electrons. The first-order chi connectivity index (χ1) is 12.3. The molecule has 3 aromatic carbocycles. The van der Waals surface area contributed by atoms with E-state index in [0.717, 1.165) is 46.6 Å². The molecule has 0 aliphatic rings. The molecule has 25 heavy (non-hydrogen) atoms. The Labute approximate surface area is 149 Å². The summed E-state index contributed by atoms with van der Waals surface area (Å²) in [7, 11) is 0. The second-order valence-electron chi connectivity index (χ2n) is 5.86. The lowest BCUT2D eigenvalue weighted by Crippen LogP contribution is -2.00. The topological polar surface area (TPSA) is 27.7 Å². The smallest absolute Gasteiger partial charge is 0.169 e. The Morgan fingerprint density at radius 1 is 0.640 bits per heavy atom. The van der Waals surface area contributed by atoms with Crippen LogP contribution in [0.3, 0.4) is 0 Å². The van der Waals surface area contributed by atoms with Gasteiger partial charge in [-0.1, -0.05) is 44.2 Å². The van der Waals surface area contributed by atoms with E-state index in [4.69, 9.17) is 14.2 Å². The Morgan fingerprint density at radius 3 is 2.16 bits per heavy atom. The molecule has 0 unspecified atom stereocenters. The van der Waals surface area contributed by atoms with Gasteiger partial charge in [0.05, 0.1) is 13.2 Å². The molecule has 3 aromatic rings. The third-order valence-corrected chi connectivity index (χ3v) is 3.82. The van der Waals surface area contributed by atoms with Gasteiger partial charge >= 0.3 is 0 Å². The predicted molar refractivity (Wildman–Crippen MR) is 102 cm³/mol. The third kappa shape index (κ3) is 4.05. The molecule has 0 aliphatic carbocycles. The SMILES string of the molecule is CCCOc1cccc2c(OCCC)c(Oc3ccccc3)ccc12. The van der Waals surface area contributed by atoms with E-state index >= 15 is 0 Å². The maximum atomic E-state index is 6.07. The van der Waals surface area contributed by atoms with Gasteiger partial charge in [0.1, 0.15) is 11.5 Å². The molecule has 0 heterocycles. The normalized spacial score (nSPS) is 10.6. The van der Waals surface area contributed by atoms with Gasteiger partial charge in [-0.05, 0) is 43.2 Å². The summed E-state index contributed by atoms with van der Waals surface area (Å²) in [5.74, 6) is 3.17. The number of ether oxygens (including phenoxy) is 3. The molecule has 3 nitrogen and oxygen atoms in total. The first-order valence-corrected chi connectivity index (χ1v) is 8.87. The minimum atomic E-state index is 0.643. The van der Waals surface area contributed by atoms with Crippen molar-refractivity contribution < 1.29 is 14.2 Å². The number of hydrogen-bond acceptors (Lipinski definition) is 3. The van der Waals surface area contributed by atoms with Gasteiger partial charge in [0.15, 0.2) is 11.5 Å². The summed E-state index contributed by atoms with van der Waals surface area (Å²) in [5.41, 5.74) is 0. The van der Waals surface area contributed by atoms with E-state index in [1.54, 1.807) is 0 Å². The van der Waals surface area contributed by atoms with Gasteiger partial charge < -0.3 is 14.2 Å². The van der Waals surface area contributed by atoms with E-state index in [1.165, 1.54) is 0 Å². The van der Waals surface area contributed by atoms with Crippen molar-refractivity contribution in [3.8, 4) is 23.0 Å². The molecule has 0 radical (unpaired) electrons. The molecule has 0 atom stereocenters. The van der Waals surface area contributed by atoms with Crippen molar-refractivity contribution in [3.63, 3.8) is 0 Å². The van der Waals surface area contributed by atoms with Crippen LogP contribution in [0, 0.1) is 0 Å². The van der Waals surface area contributed by atoms with E-state index in [0.29, 0.717) is 13.2 Å². The standard InChI is InChI=1S/C22H24O3/c1-3-15-23-20-12-8-11-19-18(20)13-14-21(22(19)24-16-4-2)25-17-9-6-5-7-10-17/h5-14H,3-4,15-16H2,1-2H3. The Bertz CT molecular complexity index is 812. The minimum Gasteiger partial charge on any atom is -0.493 e. The first kappa shape index (κ1) is 17.2. The third-order valence-electron chi connectivity index (χ3n) is 3.82. The largest absolute Gasteiger partial charge is 0.493 e. The summed E-state index contributed by atoms with van der Waals surface area (Å²) in [5, 5.41) is 2.05. The molecule has 0 spiro atoms. The van der Waals surface area contributed by atoms with Crippen molar-refractivity contribution in [2.75, 3.05) is 13.2 Å². The van der Waals surface area contributed by atoms with Crippen LogP contribution in [-0.2, 0) is 0 Å². The fourth-order valence-electron chi connectivity index (χ4n) is 2.67. The molecular formula is C22H24O3. The molecular weight excluding hydrogens is 312 g/mol. The fourth-order valence-corrected chi connectivity index (χ4v) is 2.67. The number of rotatable bonds is 8. The van der Waals surface area contributed by atoms with Crippen LogP contribution in [0.25, 0.3) is 10.8 Å². The van der Waals surface area contributed by atoms with Crippen LogP contribution in [0.1, 0.15) is 26.7 Å². The van der Waals surface area contributed by atoms with Gasteiger partial charge in [-0.3, -0.25) is 0 Å². The zero-order chi connectivity index (χ0) is 17.5. The monoisotopic (exact) mass is 336 g/mol. The molecule has 3 heteroatoms. The summed E-state index contributed by atoms with van der Waals surface area (Å²) in [4.78, 5) is 0. The van der Waals surface area contributed by atoms with Crippen LogP contribution in [0.4, 0.5) is 0 Å². The minimum absolute atomic E-state index is 0.643. The van der Waals surface area contributed by atoms with Crippen molar-refractivity contribution in [1.29, 1.82) is 0 Å². The maximum Gasteiger partial charge on any atom is 0.169 e. The molecule has 0 bridgehead atoms. The van der Waals surface area contributed by atoms with E-state index in [-0.39, 0.29) is 0 Å². The zero-order valence-corrected chi connectivity index (χ0v) is 14.8. The number of fused-ring (bicyclic) bond motifs is 1. The second-order valence-corrected chi connectivity index (χ2v) is 5.86. The van der Waals surface area contributed by atoms with Crippen LogP contribution in [0.5, 0.6) is 23.0 Å². The van der Waals surface area contributed by atoms with Crippen LogP contribution in [0.2, 0.25) is 0 Å². The van der Waals surface area contributed by atoms with Gasteiger partial charge in [0.2, 0.25) is 0 Å². The lowest BCUT2D eigenvalue weighted by molar-refractivity contribution is 0.305. The zero-order valence-electron chi connectivity index (χ0n) is 14.8. The molecule has 0 saturated carbocycles. The highest BCUT2D eigenvalue weighted by atomic mass is 16.5. The Kier molecular flexibility index (Phi) is 5.78. The van der Waals surface area contributed by atoms with Gasteiger partial charge in [-0.15, -0.1) is 0 Å². The first-order valence-electron chi connectivity index (χ1n) is 8.87. The Morgan fingerprint density at radius 2 is 1.40 bits per heavy atom. The van der Waals surface area contributed by atoms with Crippen LogP contribution >= 0.6 is 0 Å². The van der Waals surface area contributed by atoms with Crippen LogP contribution in [-0.4, -0.2) is 13.2 Å². The van der Waals surface area contributed by atoms with E-state index in [2.05, 4.69) is 19.9 Å². The highest BCUT2D eigenvalue weighted by molar-refractivity contribution is 5.95. The van der Waals surface area contributed by atoms with Gasteiger partial charge in [-0.2, -0.15) is 0 Å². The summed E-state index contributed by atoms with van der Waals surface area (Å²) in [6.07, 6.45) is 1.91. The molecule has 0 N–H and O–H groups in total. The highest BCUT2D eigenvalue weighted by Crippen LogP contribution is 2.41. The Hall–Kier alpha value is -2.68. The summed E-state index contributed by atoms with van der Waals surface area (Å²) in [6, 6.07) is 19.8. The lowest BCUT2D eigenvalue weighted by atomic mass is 10.1. The van der Waals surface area contributed by atoms with Gasteiger partial charge in [0, 0.05) is 10.8 Å². The summed E-state index contributed by atoms with van der Waals surface area (Å²) < 4.78 is 18.0. The van der Waals surface area contributed by atoms with Crippen molar-refractivity contribution in [2.24, 2.45) is 0 Å². The average Bonchev–Trinajstić information content (AvgIpc) is 2.66. The summed E-state index contributed by atoms with van der Waals surface area (Å²) in [6.45, 7) is 5.54. The number of para-hydroxylation sites is 1. The predicted octanol–water partition coefficient (Wildman–Crippen LogP) is 6.21. The van der Waals surface area contributed by atoms with Gasteiger partial charge in [-0.25, -0.2) is 0 Å². The van der Waals surface area contributed by atoms with E-state index in [9.17, 15) is 0 Å². The van der Waals surface area contributed by atoms with E-state index in [1.807, 2.05) is 54.6 Å². The summed E-state index contributed by atoms with van der Waals surface area (Å²) >= 11 is 0. The molecule has 0 aromatic heterocycles. The molecule has 0 fully saturated rings. The number of hydrogen-bond donors (Lipinski definition) is 0. The lowest BCUT2D eigenvalue weighted by Gasteiger charge is -2.16. The molecule has 0 amide bonds. The van der Waals surface area contributed by atoms with Crippen molar-refractivity contribution in [2.45, 2.75) is 26.7 Å². The maximum absolute atomic E-state index is 6.07. The fraction of sp³-hybridized carbons (Fsp3) is 0.273. The van der Waals surface area contributed by atoms with Crippen molar-refractivity contribution >= 4 is 10.8 Å².